The number of amides is 3. The second-order valence-corrected chi connectivity index (χ2v) is 20.7. The number of nitrogens with one attached hydrogen (secondary N) is 2. The molecule has 390 valence electrons. The predicted octanol–water partition coefficient (Wildman–Crippen LogP) is 7.03. The number of hydrogen-bond donors (Lipinski definition) is 5. The number of carbonyl (C=O) groups excluding carboxylic acids is 3. The molecule has 0 spiro atoms. The van der Waals surface area contributed by atoms with Gasteiger partial charge in [-0.15, -0.1) is 12.4 Å². The van der Waals surface area contributed by atoms with Crippen molar-refractivity contribution in [3.63, 3.8) is 0 Å². The summed E-state index contributed by atoms with van der Waals surface area (Å²) in [6, 6.07) is 12.3. The molecule has 4 atom stereocenters. The highest BCUT2D eigenvalue weighted by Gasteiger charge is 2.62. The van der Waals surface area contributed by atoms with E-state index in [1.165, 1.54) is 63.6 Å². The van der Waals surface area contributed by atoms with Crippen LogP contribution in [0.1, 0.15) is 99.4 Å². The van der Waals surface area contributed by atoms with E-state index in [2.05, 4.69) is 26.5 Å². The van der Waals surface area contributed by atoms with Gasteiger partial charge in [0.15, 0.2) is 5.60 Å². The molecule has 5 N–H and O–H groups in total. The van der Waals surface area contributed by atoms with Crippen molar-refractivity contribution in [1.82, 2.24) is 29.8 Å². The van der Waals surface area contributed by atoms with Crippen molar-refractivity contribution in [3.8, 4) is 0 Å². The smallest absolute Gasteiger partial charge is 0.426 e. The quantitative estimate of drug-likeness (QED) is 0.148. The van der Waals surface area contributed by atoms with Crippen molar-refractivity contribution < 1.29 is 47.7 Å². The highest BCUT2D eigenvalue weighted by Crippen LogP contribution is 2.39. The SMILES string of the molecule is CC(C)C(C)(O)C(=O)O.CC(C)C(O)(C(=O)N1CCC(N2CC[C@@H](Nc3ccc(C(=O)N(C)C)c(Cl)c3)C2)CC1)C(F)(F)F.CN(C)C(=O)c1ccc(C[C@@H]2CCN(C3CCNCC3)C2)cc1Cl.Cl. The molecule has 20 heteroatoms. The van der Waals surface area contributed by atoms with E-state index in [-0.39, 0.29) is 55.3 Å². The molecule has 4 fully saturated rings. The van der Waals surface area contributed by atoms with Gasteiger partial charge in [0.2, 0.25) is 5.60 Å². The third-order valence-corrected chi connectivity index (χ3v) is 14.6. The number of aliphatic hydroxyl groups is 2. The van der Waals surface area contributed by atoms with Crippen molar-refractivity contribution in [1.29, 1.82) is 0 Å². The Bertz CT molecular complexity index is 2030. The molecule has 2 aromatic rings. The summed E-state index contributed by atoms with van der Waals surface area (Å²) in [6.07, 6.45) is 1.84. The Labute approximate surface area is 422 Å². The maximum absolute atomic E-state index is 13.5. The van der Waals surface area contributed by atoms with Gasteiger partial charge in [0.05, 0.1) is 21.2 Å². The van der Waals surface area contributed by atoms with Crippen LogP contribution in [0.3, 0.4) is 0 Å². The van der Waals surface area contributed by atoms with Gasteiger partial charge < -0.3 is 40.7 Å². The van der Waals surface area contributed by atoms with Crippen molar-refractivity contribution in [2.45, 2.75) is 115 Å². The van der Waals surface area contributed by atoms with Crippen LogP contribution in [-0.2, 0) is 16.0 Å². The lowest BCUT2D eigenvalue weighted by Gasteiger charge is -2.41. The van der Waals surface area contributed by atoms with Crippen molar-refractivity contribution >= 4 is 65.0 Å². The summed E-state index contributed by atoms with van der Waals surface area (Å²) in [5.41, 5.74) is -1.86. The Morgan fingerprint density at radius 1 is 0.754 bits per heavy atom. The Hall–Kier alpha value is -3.42. The Morgan fingerprint density at radius 2 is 1.26 bits per heavy atom. The number of carboxylic acids is 1. The Morgan fingerprint density at radius 3 is 1.72 bits per heavy atom. The van der Waals surface area contributed by atoms with Gasteiger partial charge in [0.1, 0.15) is 0 Å². The van der Waals surface area contributed by atoms with Gasteiger partial charge in [-0.1, -0.05) is 57.0 Å². The molecule has 0 aromatic heterocycles. The summed E-state index contributed by atoms with van der Waals surface area (Å²) < 4.78 is 40.5. The second-order valence-electron chi connectivity index (χ2n) is 19.9. The van der Waals surface area contributed by atoms with Gasteiger partial charge in [-0.05, 0) is 119 Å². The molecule has 14 nitrogen and oxygen atoms in total. The highest BCUT2D eigenvalue weighted by atomic mass is 35.5. The maximum Gasteiger partial charge on any atom is 0.426 e. The molecule has 4 saturated heterocycles. The number of benzene rings is 2. The van der Waals surface area contributed by atoms with Gasteiger partial charge in [-0.25, -0.2) is 4.79 Å². The number of carboxylic acid groups (broad SMARTS) is 1. The van der Waals surface area contributed by atoms with Crippen molar-refractivity contribution in [2.75, 3.05) is 85.9 Å². The van der Waals surface area contributed by atoms with E-state index < -0.39 is 35.2 Å². The summed E-state index contributed by atoms with van der Waals surface area (Å²) in [4.78, 5) is 56.2. The molecule has 0 saturated carbocycles. The van der Waals surface area contributed by atoms with Gasteiger partial charge in [0, 0.05) is 90.6 Å². The number of likely N-dealkylation sites (tertiary alicyclic amines) is 3. The summed E-state index contributed by atoms with van der Waals surface area (Å²) in [5, 5.41) is 35.5. The number of anilines is 1. The van der Waals surface area contributed by atoms with Gasteiger partial charge in [-0.2, -0.15) is 13.2 Å². The van der Waals surface area contributed by atoms with E-state index in [4.69, 9.17) is 33.4 Å². The number of halogens is 6. The molecule has 0 bridgehead atoms. The van der Waals surface area contributed by atoms with Crippen LogP contribution in [0.15, 0.2) is 36.4 Å². The Balaban J connectivity index is 0.000000319. The minimum absolute atomic E-state index is 0. The first-order valence-corrected chi connectivity index (χ1v) is 24.4. The van der Waals surface area contributed by atoms with Crippen LogP contribution >= 0.6 is 35.6 Å². The summed E-state index contributed by atoms with van der Waals surface area (Å²) in [6.45, 7) is 13.7. The summed E-state index contributed by atoms with van der Waals surface area (Å²) >= 11 is 12.6. The number of hydrogen-bond acceptors (Lipinski definition) is 10. The average Bonchev–Trinajstić information content (AvgIpc) is 3.96. The standard InChI is InChI=1S/C24H34ClF3N4O3.C19H28ClN3O.C6H12O3.ClH/c1-15(2)23(35,24(26,27)28)22(34)31-11-8-18(9-12-31)32-10-7-17(14-32)29-16-5-6-19(20(25)13-16)21(33)30(3)4;1-22(2)19(24)17-4-3-14(12-18(17)20)11-15-7-10-23(13-15)16-5-8-21-9-6-16;1-4(2)6(3,9)5(7)8;/h5-6,13,15,17-18,29,35H,7-12,14H2,1-4H3;3-4,12,15-16,21H,5-11,13H2,1-2H3;4,9H,1-3H3,(H,7,8);1H/t17-,23?;15-;;/m10../s1. The average molecular weight is 1040 g/mol. The fraction of sp³-hybridized carbons (Fsp3) is 0.673. The minimum Gasteiger partial charge on any atom is -0.479 e. The molecule has 2 aromatic carbocycles. The van der Waals surface area contributed by atoms with Crippen LogP contribution in [0.5, 0.6) is 0 Å². The first-order valence-electron chi connectivity index (χ1n) is 23.7. The zero-order chi connectivity index (χ0) is 50.9. The van der Waals surface area contributed by atoms with Crippen molar-refractivity contribution in [3.05, 3.63) is 63.1 Å². The molecule has 6 rings (SSSR count). The molecular formula is C49H75Cl3F3N7O7. The van der Waals surface area contributed by atoms with E-state index in [9.17, 15) is 37.5 Å². The van der Waals surface area contributed by atoms with E-state index in [1.807, 2.05) is 18.2 Å². The lowest BCUT2D eigenvalue weighted by molar-refractivity contribution is -0.269. The number of rotatable bonds is 12. The van der Waals surface area contributed by atoms with Crippen LogP contribution in [0, 0.1) is 17.8 Å². The molecule has 3 amide bonds. The first-order chi connectivity index (χ1) is 31.7. The topological polar surface area (TPSA) is 169 Å². The predicted molar refractivity (Wildman–Crippen MR) is 268 cm³/mol. The zero-order valence-electron chi connectivity index (χ0n) is 41.5. The number of alkyl halides is 3. The van der Waals surface area contributed by atoms with E-state index in [1.54, 1.807) is 59.1 Å². The number of aliphatic carboxylic acids is 1. The number of carbonyl (C=O) groups is 4. The molecule has 4 aliphatic heterocycles. The normalized spacial score (nSPS) is 21.2. The first kappa shape index (κ1) is 59.9. The number of nitrogens with zero attached hydrogens (tertiary/aromatic N) is 5. The molecular weight excluding hydrogens is 962 g/mol. The summed E-state index contributed by atoms with van der Waals surface area (Å²) in [7, 11) is 6.83. The third-order valence-electron chi connectivity index (χ3n) is 14.0. The molecule has 4 aliphatic rings. The van der Waals surface area contributed by atoms with E-state index in [0.717, 1.165) is 55.6 Å². The third kappa shape index (κ3) is 15.5. The van der Waals surface area contributed by atoms with E-state index >= 15 is 0 Å². The molecule has 69 heavy (non-hydrogen) atoms. The van der Waals surface area contributed by atoms with Crippen LogP contribution < -0.4 is 10.6 Å². The molecule has 0 aliphatic carbocycles. The van der Waals surface area contributed by atoms with Gasteiger partial charge in [-0.3, -0.25) is 24.2 Å². The van der Waals surface area contributed by atoms with Gasteiger partial charge in [0.25, 0.3) is 17.7 Å². The molecule has 0 radical (unpaired) electrons. The van der Waals surface area contributed by atoms with Crippen LogP contribution in [-0.4, -0.2) is 180 Å². The Kier molecular flexibility index (Phi) is 22.4. The van der Waals surface area contributed by atoms with Crippen LogP contribution in [0.25, 0.3) is 0 Å². The minimum atomic E-state index is -5.02. The van der Waals surface area contributed by atoms with Crippen LogP contribution in [0.4, 0.5) is 18.9 Å². The van der Waals surface area contributed by atoms with E-state index in [0.29, 0.717) is 39.9 Å². The lowest BCUT2D eigenvalue weighted by atomic mass is 9.87. The largest absolute Gasteiger partial charge is 0.479 e. The molecule has 4 heterocycles. The number of piperidine rings is 2. The lowest BCUT2D eigenvalue weighted by Crippen LogP contribution is -2.62. The van der Waals surface area contributed by atoms with Crippen LogP contribution in [0.2, 0.25) is 10.0 Å². The second kappa shape index (κ2) is 25.8. The zero-order valence-corrected chi connectivity index (χ0v) is 43.9. The summed E-state index contributed by atoms with van der Waals surface area (Å²) in [5.74, 6) is -3.46. The molecule has 2 unspecified atom stereocenters. The highest BCUT2D eigenvalue weighted by molar-refractivity contribution is 6.34. The monoisotopic (exact) mass is 1040 g/mol. The maximum atomic E-state index is 13.5. The van der Waals surface area contributed by atoms with Gasteiger partial charge >= 0.3 is 12.1 Å². The van der Waals surface area contributed by atoms with Crippen molar-refractivity contribution in [2.24, 2.45) is 17.8 Å². The fourth-order valence-corrected chi connectivity index (χ4v) is 9.62. The fourth-order valence-electron chi connectivity index (χ4n) is 9.08.